The van der Waals surface area contributed by atoms with Gasteiger partial charge in [-0.05, 0) is 160 Å². The Balaban J connectivity index is 0.000000113. The maximum atomic E-state index is 6.21. The van der Waals surface area contributed by atoms with Crippen LogP contribution < -0.4 is 39.2 Å². The van der Waals surface area contributed by atoms with Crippen LogP contribution in [-0.2, 0) is 80.4 Å². The van der Waals surface area contributed by atoms with Crippen molar-refractivity contribution in [3.63, 3.8) is 0 Å². The third kappa shape index (κ3) is 13.9. The van der Waals surface area contributed by atoms with Gasteiger partial charge in [-0.3, -0.25) is 0 Å². The number of benzene rings is 13. The molecule has 0 fully saturated rings. The predicted molar refractivity (Wildman–Crippen MR) is 468 cm³/mol. The topological polar surface area (TPSA) is 117 Å². The summed E-state index contributed by atoms with van der Waals surface area (Å²) in [5, 5.41) is 9.17. The maximum absolute atomic E-state index is 6.21. The first-order chi connectivity index (χ1) is 57.2. The van der Waals surface area contributed by atoms with Gasteiger partial charge in [0.2, 0.25) is 0 Å². The average molecular weight is 2270 g/mol. The molecule has 0 atom stereocenters. The van der Waals surface area contributed by atoms with E-state index in [4.69, 9.17) is 17.7 Å². The first-order valence-corrected chi connectivity index (χ1v) is 38.4. The van der Waals surface area contributed by atoms with Gasteiger partial charge in [0.25, 0.3) is 0 Å². The largest absolute Gasteiger partial charge is 0.493 e. The van der Waals surface area contributed by atoms with Crippen LogP contribution in [0.25, 0.3) is 87.8 Å². The van der Waals surface area contributed by atoms with Gasteiger partial charge in [0.15, 0.2) is 0 Å². The second-order valence-electron chi connectivity index (χ2n) is 28.7. The summed E-state index contributed by atoms with van der Waals surface area (Å²) in [7, 11) is 0. The fourth-order valence-electron chi connectivity index (χ4n) is 16.5. The summed E-state index contributed by atoms with van der Waals surface area (Å²) >= 11 is 0. The Morgan fingerprint density at radius 1 is 0.225 bits per heavy atom. The SMILES string of the molecule is Cc1c(N2[CH-]N(c3[c-]cccc3)c3ccccc32)ccc2oc3ccccc3c12.Cc1c(N2[CH-]N(c3[c-]cccc3)c3cccnc32)ccc2c1oc1ccccc12.Cc1c(N2[CH-]N(c3[c-]cccc3)c3cccnc32)ccc2oc3ccccc3c12.Cc1c(N2[CH-]N(c3[c-]cccc3)c3ncccc32)ccc2c1oc1ccccc12.[Ir].[Ir].[Ir].[Ir]. The molecule has 0 amide bonds. The minimum Gasteiger partial charge on any atom is -0.493 e. The van der Waals surface area contributed by atoms with Gasteiger partial charge in [-0.2, -0.15) is 121 Å². The van der Waals surface area contributed by atoms with Gasteiger partial charge in [0, 0.05) is 187 Å². The number of fused-ring (bicyclic) bond motifs is 16. The molecular weight excluding hydrogens is 2200 g/mol. The standard InChI is InChI=1S/C26H18N2O.3C25H17N3O.4Ir/c1-18-21(15-16-25-26(18)20-11-5-8-14-24(20)29-25)28-17-27(19-9-3-2-4-10-19)22-12-6-7-13-23(22)28;1-17-21(14-13-20-19-10-5-6-12-23(19)29-24(17)20)28-16-27(18-8-3-2-4-9-18)25-22(28)11-7-15-26-25;1-17-21(14-13-20-19-10-5-6-12-23(19)29-24(17)20)28-16-27(18-8-3-2-4-9-18)22-11-7-15-26-25(22)28;1-17-20(13-14-23-24(17)19-10-5-6-12-22(19)29-23)28-16-27(18-8-3-2-4-9-18)21-11-7-15-26-25(21)28;;;;/h2-9,11-17H,1H3;3*2-8,10-16H,1H3;;;;/q4*-2;;;;. The Labute approximate surface area is 747 Å². The molecule has 4 aliphatic heterocycles. The van der Waals surface area contributed by atoms with E-state index in [2.05, 4.69) is 266 Å². The molecule has 0 saturated heterocycles. The molecule has 0 bridgehead atoms. The minimum atomic E-state index is 0. The molecule has 11 heterocycles. The normalized spacial score (nSPS) is 13.0. The van der Waals surface area contributed by atoms with E-state index in [-0.39, 0.29) is 80.4 Å². The van der Waals surface area contributed by atoms with Gasteiger partial charge < -0.3 is 56.9 Å². The first kappa shape index (κ1) is 79.9. The van der Waals surface area contributed by atoms with Crippen molar-refractivity contribution in [1.82, 2.24) is 15.0 Å². The van der Waals surface area contributed by atoms with Crippen LogP contribution in [0.5, 0.6) is 0 Å². The molecule has 0 N–H and O–H groups in total. The van der Waals surface area contributed by atoms with E-state index in [1.807, 2.05) is 188 Å². The molecule has 0 saturated carbocycles. The third-order valence-electron chi connectivity index (χ3n) is 22.0. The van der Waals surface area contributed by atoms with Crippen LogP contribution in [0.1, 0.15) is 22.3 Å². The molecule has 7 aromatic heterocycles. The molecule has 19 heteroatoms. The fraction of sp³-hybridized carbons (Fsp3) is 0.0396. The Morgan fingerprint density at radius 2 is 0.517 bits per heavy atom. The van der Waals surface area contributed by atoms with Crippen molar-refractivity contribution in [2.24, 2.45) is 0 Å². The van der Waals surface area contributed by atoms with E-state index in [1.165, 1.54) is 16.5 Å². The average Bonchev–Trinajstić information content (AvgIpc) is 1.61. The molecule has 0 aliphatic carbocycles. The summed E-state index contributed by atoms with van der Waals surface area (Å²) in [6.07, 6.45) is 5.48. The number of pyridine rings is 3. The molecule has 4 radical (unpaired) electrons. The molecule has 596 valence electrons. The first-order valence-electron chi connectivity index (χ1n) is 38.4. The number of furan rings is 4. The number of rotatable bonds is 8. The van der Waals surface area contributed by atoms with E-state index < -0.39 is 0 Å². The molecule has 0 spiro atoms. The Hall–Kier alpha value is -12.5. The zero-order chi connectivity index (χ0) is 77.5. The van der Waals surface area contributed by atoms with Crippen molar-refractivity contribution in [2.45, 2.75) is 27.7 Å². The van der Waals surface area contributed by atoms with Crippen molar-refractivity contribution in [2.75, 3.05) is 39.2 Å². The van der Waals surface area contributed by atoms with Crippen molar-refractivity contribution < 1.29 is 98.1 Å². The number of para-hydroxylation sites is 10. The number of hydrogen-bond donors (Lipinski definition) is 0. The maximum Gasteiger partial charge on any atom is 0.140 e. The molecule has 4 aliphatic rings. The summed E-state index contributed by atoms with van der Waals surface area (Å²) in [5.41, 5.74) is 25.6. The van der Waals surface area contributed by atoms with Crippen molar-refractivity contribution in [3.8, 4) is 0 Å². The number of aryl methyl sites for hydroxylation is 4. The van der Waals surface area contributed by atoms with E-state index in [0.717, 1.165) is 185 Å². The van der Waals surface area contributed by atoms with Crippen LogP contribution in [0.4, 0.5) is 91.4 Å². The summed E-state index contributed by atoms with van der Waals surface area (Å²) in [6, 6.07) is 115. The van der Waals surface area contributed by atoms with E-state index in [0.29, 0.717) is 0 Å². The van der Waals surface area contributed by atoms with Gasteiger partial charge in [0.05, 0.1) is 17.1 Å². The number of aromatic nitrogens is 3. The van der Waals surface area contributed by atoms with Crippen molar-refractivity contribution in [3.05, 3.63) is 395 Å². The van der Waals surface area contributed by atoms with Crippen molar-refractivity contribution in [1.29, 1.82) is 0 Å². The second kappa shape index (κ2) is 33.7. The van der Waals surface area contributed by atoms with Crippen molar-refractivity contribution >= 4 is 179 Å². The molecule has 15 nitrogen and oxygen atoms in total. The zero-order valence-corrected chi connectivity index (χ0v) is 74.4. The van der Waals surface area contributed by atoms with Crippen LogP contribution in [-0.4, -0.2) is 15.0 Å². The van der Waals surface area contributed by atoms with E-state index in [1.54, 1.807) is 0 Å². The summed E-state index contributed by atoms with van der Waals surface area (Å²) in [4.78, 5) is 31.2. The summed E-state index contributed by atoms with van der Waals surface area (Å²) < 4.78 is 24.5. The van der Waals surface area contributed by atoms with Crippen LogP contribution in [0.15, 0.2) is 340 Å². The number of anilines is 16. The molecular formula is C101H69Ir4N11O4-8. The fourth-order valence-corrected chi connectivity index (χ4v) is 16.5. The van der Waals surface area contributed by atoms with Gasteiger partial charge in [-0.1, -0.05) is 84.9 Å². The number of hydrogen-bond acceptors (Lipinski definition) is 15. The molecule has 120 heavy (non-hydrogen) atoms. The van der Waals surface area contributed by atoms with Gasteiger partial charge in [0.1, 0.15) is 62.1 Å². The van der Waals surface area contributed by atoms with Crippen LogP contribution in [0, 0.1) is 78.6 Å². The van der Waals surface area contributed by atoms with Gasteiger partial charge in [-0.25, -0.2) is 15.0 Å². The number of nitrogens with zero attached hydrogens (tertiary/aromatic N) is 11. The van der Waals surface area contributed by atoms with E-state index >= 15 is 0 Å². The predicted octanol–water partition coefficient (Wildman–Crippen LogP) is 26.6. The van der Waals surface area contributed by atoms with Gasteiger partial charge >= 0.3 is 0 Å². The quantitative estimate of drug-likeness (QED) is 0.134. The third-order valence-corrected chi connectivity index (χ3v) is 22.0. The zero-order valence-electron chi connectivity index (χ0n) is 64.8. The van der Waals surface area contributed by atoms with Crippen LogP contribution >= 0.6 is 0 Å². The molecule has 0 unspecified atom stereocenters. The second-order valence-corrected chi connectivity index (χ2v) is 28.7. The minimum absolute atomic E-state index is 0. The van der Waals surface area contributed by atoms with Gasteiger partial charge in [-0.15, -0.1) is 49.4 Å². The summed E-state index contributed by atoms with van der Waals surface area (Å²) in [5.74, 6) is 2.68. The Kier molecular flexibility index (Phi) is 22.5. The summed E-state index contributed by atoms with van der Waals surface area (Å²) in [6.45, 7) is 16.9. The smallest absolute Gasteiger partial charge is 0.140 e. The Bertz CT molecular complexity index is 6710. The van der Waals surface area contributed by atoms with E-state index in [9.17, 15) is 0 Å². The Morgan fingerprint density at radius 3 is 0.942 bits per heavy atom. The van der Waals surface area contributed by atoms with Crippen LogP contribution in [0.2, 0.25) is 0 Å². The van der Waals surface area contributed by atoms with Crippen LogP contribution in [0.3, 0.4) is 0 Å². The molecule has 20 aromatic rings. The monoisotopic (exact) mass is 2270 g/mol. The molecule has 24 rings (SSSR count). The molecule has 13 aromatic carbocycles.